The predicted molar refractivity (Wildman–Crippen MR) is 104 cm³/mol. The average Bonchev–Trinajstić information content (AvgIpc) is 2.87. The van der Waals surface area contributed by atoms with E-state index in [-0.39, 0.29) is 0 Å². The lowest BCUT2D eigenvalue weighted by Gasteiger charge is -2.10. The molecule has 1 aliphatic heterocycles. The number of aromatic nitrogens is 1. The fourth-order valence-corrected chi connectivity index (χ4v) is 3.75. The highest BCUT2D eigenvalue weighted by Gasteiger charge is 2.12. The Bertz CT molecular complexity index is 690. The van der Waals surface area contributed by atoms with Crippen molar-refractivity contribution in [3.8, 4) is 11.5 Å². The smallest absolute Gasteiger partial charge is 0.162 e. The van der Waals surface area contributed by atoms with Crippen molar-refractivity contribution >= 4 is 40.3 Å². The van der Waals surface area contributed by atoms with Crippen LogP contribution in [0.15, 0.2) is 18.2 Å². The van der Waals surface area contributed by atoms with Gasteiger partial charge >= 0.3 is 0 Å². The van der Waals surface area contributed by atoms with Gasteiger partial charge in [0.25, 0.3) is 0 Å². The minimum absolute atomic E-state index is 0.614. The van der Waals surface area contributed by atoms with Gasteiger partial charge in [0.05, 0.1) is 12.8 Å². The molecule has 3 rings (SSSR count). The van der Waals surface area contributed by atoms with Crippen molar-refractivity contribution in [1.82, 2.24) is 4.98 Å². The largest absolute Gasteiger partial charge is 0.493 e. The number of thioether (sulfide) groups is 1. The molecular weight excluding hydrogens is 340 g/mol. The first-order valence-electron chi connectivity index (χ1n) is 8.01. The van der Waals surface area contributed by atoms with Gasteiger partial charge in [0, 0.05) is 6.54 Å². The fourth-order valence-electron chi connectivity index (χ4n) is 2.57. The van der Waals surface area contributed by atoms with Crippen molar-refractivity contribution in [2.75, 3.05) is 31.2 Å². The van der Waals surface area contributed by atoms with Crippen molar-refractivity contribution in [3.05, 3.63) is 34.5 Å². The molecule has 0 aliphatic carbocycles. The third-order valence-corrected chi connectivity index (χ3v) is 5.15. The van der Waals surface area contributed by atoms with Gasteiger partial charge in [-0.25, -0.2) is 4.98 Å². The Morgan fingerprint density at radius 2 is 2.21 bits per heavy atom. The van der Waals surface area contributed by atoms with Crippen molar-refractivity contribution in [3.63, 3.8) is 0 Å². The molecule has 128 valence electrons. The molecule has 4 nitrogen and oxygen atoms in total. The van der Waals surface area contributed by atoms with Gasteiger partial charge < -0.3 is 14.8 Å². The average molecular weight is 363 g/mol. The van der Waals surface area contributed by atoms with Crippen LogP contribution in [0.2, 0.25) is 0 Å². The molecule has 24 heavy (non-hydrogen) atoms. The van der Waals surface area contributed by atoms with Crippen LogP contribution in [0.5, 0.6) is 11.5 Å². The highest BCUT2D eigenvalue weighted by Crippen LogP contribution is 2.31. The summed E-state index contributed by atoms with van der Waals surface area (Å²) in [5.74, 6) is 2.14. The summed E-state index contributed by atoms with van der Waals surface area (Å²) in [4.78, 5) is 4.74. The van der Waals surface area contributed by atoms with Crippen molar-refractivity contribution < 1.29 is 9.47 Å². The van der Waals surface area contributed by atoms with Gasteiger partial charge in [-0.1, -0.05) is 23.5 Å². The van der Waals surface area contributed by atoms with Crippen LogP contribution in [0, 0.1) is 0 Å². The number of benzene rings is 1. The maximum atomic E-state index is 5.66. The Hall–Kier alpha value is -1.66. The Kier molecular flexibility index (Phi) is 6.04. The molecule has 1 aromatic heterocycles. The monoisotopic (exact) mass is 362 g/mol. The van der Waals surface area contributed by atoms with Gasteiger partial charge in [-0.15, -0.1) is 11.8 Å². The van der Waals surface area contributed by atoms with Crippen molar-refractivity contribution in [2.24, 2.45) is 0 Å². The van der Waals surface area contributed by atoms with Gasteiger partial charge in [0.1, 0.15) is 15.9 Å². The summed E-state index contributed by atoms with van der Waals surface area (Å²) in [5.41, 5.74) is 2.28. The second-order valence-electron chi connectivity index (χ2n) is 5.51. The van der Waals surface area contributed by atoms with Gasteiger partial charge in [-0.3, -0.25) is 0 Å². The van der Waals surface area contributed by atoms with Crippen LogP contribution >= 0.6 is 23.1 Å². The zero-order chi connectivity index (χ0) is 16.8. The molecule has 2 aromatic rings. The highest BCUT2D eigenvalue weighted by atomic mass is 32.2. The number of anilines is 1. The summed E-state index contributed by atoms with van der Waals surface area (Å²) in [6.07, 6.45) is 9.65. The molecule has 0 fully saturated rings. The molecule has 1 N–H and O–H groups in total. The lowest BCUT2D eigenvalue weighted by Crippen LogP contribution is -1.96. The van der Waals surface area contributed by atoms with E-state index in [2.05, 4.69) is 17.5 Å². The first-order valence-corrected chi connectivity index (χ1v) is 10.2. The third kappa shape index (κ3) is 4.24. The summed E-state index contributed by atoms with van der Waals surface area (Å²) in [6, 6.07) is 5.97. The Balaban J connectivity index is 1.74. The molecule has 0 saturated heterocycles. The quantitative estimate of drug-likeness (QED) is 0.750. The minimum Gasteiger partial charge on any atom is -0.493 e. The molecule has 0 saturated carbocycles. The molecule has 0 unspecified atom stereocenters. The third-order valence-electron chi connectivity index (χ3n) is 3.78. The molecule has 1 aromatic carbocycles. The number of hydrogen-bond acceptors (Lipinski definition) is 6. The maximum absolute atomic E-state index is 5.66. The molecule has 0 spiro atoms. The fraction of sp³-hybridized carbons (Fsp3) is 0.389. The van der Waals surface area contributed by atoms with E-state index in [0.717, 1.165) is 35.0 Å². The van der Waals surface area contributed by atoms with E-state index in [1.165, 1.54) is 23.5 Å². The number of hydrogen-bond donors (Lipinski definition) is 1. The van der Waals surface area contributed by atoms with Crippen LogP contribution in [0.1, 0.15) is 29.1 Å². The standard InChI is InChI=1S/C18H22N2O2S2/c1-21-16-11-13(6-8-15(16)22-12-23-2)7-9-17-20-14-5-3-4-10-19-18(14)24-17/h6-9,11,19H,3-5,10,12H2,1-2H3/b9-7+. The van der Waals surface area contributed by atoms with Crippen LogP contribution < -0.4 is 14.8 Å². The SMILES string of the molecule is COc1cc(/C=C/c2nc3c(s2)NCCCC3)ccc1OCSC. The van der Waals surface area contributed by atoms with Crippen molar-refractivity contribution in [1.29, 1.82) is 0 Å². The first kappa shape index (κ1) is 17.2. The van der Waals surface area contributed by atoms with Crippen LogP contribution in [0.4, 0.5) is 5.00 Å². The maximum Gasteiger partial charge on any atom is 0.162 e. The number of thiazole rings is 1. The van der Waals surface area contributed by atoms with E-state index in [0.29, 0.717) is 5.94 Å². The van der Waals surface area contributed by atoms with E-state index >= 15 is 0 Å². The predicted octanol–water partition coefficient (Wildman–Crippen LogP) is 4.77. The van der Waals surface area contributed by atoms with Gasteiger partial charge in [0.2, 0.25) is 0 Å². The number of rotatable bonds is 6. The summed E-state index contributed by atoms with van der Waals surface area (Å²) < 4.78 is 11.1. The zero-order valence-corrected chi connectivity index (χ0v) is 15.6. The van der Waals surface area contributed by atoms with E-state index < -0.39 is 0 Å². The van der Waals surface area contributed by atoms with Gasteiger partial charge in [-0.05, 0) is 49.3 Å². The van der Waals surface area contributed by atoms with E-state index in [1.807, 2.05) is 24.5 Å². The molecule has 0 radical (unpaired) electrons. The zero-order valence-electron chi connectivity index (χ0n) is 14.0. The molecule has 1 aliphatic rings. The first-order chi connectivity index (χ1) is 11.8. The molecule has 0 bridgehead atoms. The van der Waals surface area contributed by atoms with Crippen LogP contribution in [0.25, 0.3) is 12.2 Å². The lowest BCUT2D eigenvalue weighted by atomic mass is 10.2. The normalized spacial score (nSPS) is 14.1. The Morgan fingerprint density at radius 1 is 1.29 bits per heavy atom. The van der Waals surface area contributed by atoms with E-state index in [1.54, 1.807) is 30.2 Å². The van der Waals surface area contributed by atoms with E-state index in [9.17, 15) is 0 Å². The highest BCUT2D eigenvalue weighted by molar-refractivity contribution is 7.98. The summed E-state index contributed by atoms with van der Waals surface area (Å²) in [7, 11) is 1.66. The van der Waals surface area contributed by atoms with Gasteiger partial charge in [-0.2, -0.15) is 0 Å². The van der Waals surface area contributed by atoms with E-state index in [4.69, 9.17) is 14.5 Å². The number of aryl methyl sites for hydroxylation is 1. The summed E-state index contributed by atoms with van der Waals surface area (Å²) >= 11 is 3.36. The topological polar surface area (TPSA) is 43.4 Å². The number of nitrogens with zero attached hydrogens (tertiary/aromatic N) is 1. The number of nitrogens with one attached hydrogen (secondary N) is 1. The second-order valence-corrected chi connectivity index (χ2v) is 7.35. The molecule has 0 amide bonds. The van der Waals surface area contributed by atoms with Crippen LogP contribution in [0.3, 0.4) is 0 Å². The van der Waals surface area contributed by atoms with Crippen molar-refractivity contribution in [2.45, 2.75) is 19.3 Å². The number of ether oxygens (including phenoxy) is 2. The number of fused-ring (bicyclic) bond motifs is 1. The molecule has 0 atom stereocenters. The Morgan fingerprint density at radius 3 is 3.04 bits per heavy atom. The number of methoxy groups -OCH3 is 1. The second kappa shape index (κ2) is 8.44. The lowest BCUT2D eigenvalue weighted by molar-refractivity contribution is 0.344. The van der Waals surface area contributed by atoms with Crippen LogP contribution in [-0.2, 0) is 6.42 Å². The van der Waals surface area contributed by atoms with Gasteiger partial charge in [0.15, 0.2) is 11.5 Å². The summed E-state index contributed by atoms with van der Waals surface area (Å²) in [6.45, 7) is 1.05. The van der Waals surface area contributed by atoms with Crippen LogP contribution in [-0.4, -0.2) is 30.8 Å². The summed E-state index contributed by atoms with van der Waals surface area (Å²) in [5, 5.41) is 5.74. The molecule has 2 heterocycles. The molecule has 6 heteroatoms. The molecular formula is C18H22N2O2S2. The Labute approximate surface area is 151 Å². The minimum atomic E-state index is 0.614.